The fourth-order valence-corrected chi connectivity index (χ4v) is 5.95. The van der Waals surface area contributed by atoms with E-state index in [-0.39, 0.29) is 17.2 Å². The summed E-state index contributed by atoms with van der Waals surface area (Å²) in [5, 5.41) is 3.72. The van der Waals surface area contributed by atoms with Crippen molar-refractivity contribution >= 4 is 46.9 Å². The molecule has 1 fully saturated rings. The van der Waals surface area contributed by atoms with Crippen LogP contribution in [0.5, 0.6) is 0 Å². The van der Waals surface area contributed by atoms with Gasteiger partial charge in [0.15, 0.2) is 0 Å². The van der Waals surface area contributed by atoms with Crippen molar-refractivity contribution in [2.75, 3.05) is 18.1 Å². The first-order valence-electron chi connectivity index (χ1n) is 10.8. The number of hydrogen-bond acceptors (Lipinski definition) is 4. The average Bonchev–Trinajstić information content (AvgIpc) is 3.20. The molecule has 3 aromatic carbocycles. The minimum Gasteiger partial charge on any atom is -0.351 e. The van der Waals surface area contributed by atoms with Crippen LogP contribution < -0.4 is 5.32 Å². The van der Waals surface area contributed by atoms with E-state index in [4.69, 9.17) is 11.6 Å². The number of hydrogen-bond donors (Lipinski definition) is 1. The van der Waals surface area contributed by atoms with E-state index in [1.54, 1.807) is 23.5 Å². The van der Waals surface area contributed by atoms with Gasteiger partial charge in [-0.15, -0.1) is 11.8 Å². The molecule has 2 amide bonds. The number of benzene rings is 3. The molecular formula is C26H25ClN2O2S2. The van der Waals surface area contributed by atoms with Gasteiger partial charge in [0.1, 0.15) is 5.37 Å². The molecule has 0 radical (unpaired) electrons. The van der Waals surface area contributed by atoms with Crippen LogP contribution in [0.4, 0.5) is 0 Å². The Kier molecular flexibility index (Phi) is 8.37. The van der Waals surface area contributed by atoms with E-state index in [0.29, 0.717) is 24.4 Å². The van der Waals surface area contributed by atoms with Gasteiger partial charge >= 0.3 is 0 Å². The van der Waals surface area contributed by atoms with Gasteiger partial charge in [-0.3, -0.25) is 9.59 Å². The highest BCUT2D eigenvalue weighted by Crippen LogP contribution is 2.39. The third-order valence-electron chi connectivity index (χ3n) is 5.37. The molecule has 0 bridgehead atoms. The van der Waals surface area contributed by atoms with Crippen LogP contribution in [-0.4, -0.2) is 34.8 Å². The fourth-order valence-electron chi connectivity index (χ4n) is 3.62. The van der Waals surface area contributed by atoms with Gasteiger partial charge < -0.3 is 10.2 Å². The molecule has 0 unspecified atom stereocenters. The van der Waals surface area contributed by atoms with Crippen molar-refractivity contribution in [3.8, 4) is 0 Å². The second-order valence-electron chi connectivity index (χ2n) is 7.69. The number of halogens is 1. The molecule has 0 saturated carbocycles. The minimum atomic E-state index is -0.0869. The maximum Gasteiger partial charge on any atom is 0.251 e. The first-order valence-corrected chi connectivity index (χ1v) is 13.3. The SMILES string of the molecule is O=C(NCCSCc1ccccc1Cl)c1ccc([C@@H]2SCC(=O)N2Cc2ccccc2)cc1. The van der Waals surface area contributed by atoms with Crippen LogP contribution in [0.15, 0.2) is 78.9 Å². The highest BCUT2D eigenvalue weighted by Gasteiger charge is 2.32. The number of amides is 2. The number of thioether (sulfide) groups is 2. The second-order valence-corrected chi connectivity index (χ2v) is 10.3. The molecule has 3 aromatic rings. The Bertz CT molecular complexity index is 1090. The van der Waals surface area contributed by atoms with Gasteiger partial charge in [-0.2, -0.15) is 11.8 Å². The molecular weight excluding hydrogens is 472 g/mol. The third-order valence-corrected chi connectivity index (χ3v) is 8.00. The maximum atomic E-state index is 12.5. The second kappa shape index (κ2) is 11.6. The summed E-state index contributed by atoms with van der Waals surface area (Å²) < 4.78 is 0. The van der Waals surface area contributed by atoms with E-state index in [1.807, 2.05) is 83.8 Å². The molecule has 33 heavy (non-hydrogen) atoms. The standard InChI is InChI=1S/C26H25ClN2O2S2/c27-23-9-5-4-8-22(23)17-32-15-14-28-25(31)20-10-12-21(13-11-20)26-29(24(30)18-33-26)16-19-6-2-1-3-7-19/h1-13,26H,14-18H2,(H,28,31)/t26-/m0/s1. The number of nitrogens with zero attached hydrogens (tertiary/aromatic N) is 1. The monoisotopic (exact) mass is 496 g/mol. The summed E-state index contributed by atoms with van der Waals surface area (Å²) in [5.74, 6) is 2.17. The topological polar surface area (TPSA) is 49.4 Å². The Labute approximate surface area is 208 Å². The summed E-state index contributed by atoms with van der Waals surface area (Å²) in [4.78, 5) is 26.9. The lowest BCUT2D eigenvalue weighted by Crippen LogP contribution is -2.28. The van der Waals surface area contributed by atoms with Gasteiger partial charge in [-0.05, 0) is 34.9 Å². The van der Waals surface area contributed by atoms with Crippen molar-refractivity contribution in [1.29, 1.82) is 0 Å². The summed E-state index contributed by atoms with van der Waals surface area (Å²) in [7, 11) is 0. The number of carbonyl (C=O) groups is 2. The highest BCUT2D eigenvalue weighted by molar-refractivity contribution is 8.00. The van der Waals surface area contributed by atoms with Crippen LogP contribution >= 0.6 is 35.1 Å². The van der Waals surface area contributed by atoms with Crippen molar-refractivity contribution in [3.63, 3.8) is 0 Å². The molecule has 170 valence electrons. The fraction of sp³-hybridized carbons (Fsp3) is 0.231. The Morgan fingerprint density at radius 2 is 1.76 bits per heavy atom. The molecule has 0 aliphatic carbocycles. The van der Waals surface area contributed by atoms with Crippen LogP contribution in [0.2, 0.25) is 5.02 Å². The molecule has 1 atom stereocenters. The smallest absolute Gasteiger partial charge is 0.251 e. The molecule has 0 aromatic heterocycles. The molecule has 4 nitrogen and oxygen atoms in total. The molecule has 1 aliphatic rings. The average molecular weight is 497 g/mol. The van der Waals surface area contributed by atoms with Gasteiger partial charge in [0.2, 0.25) is 5.91 Å². The predicted octanol–water partition coefficient (Wildman–Crippen LogP) is 5.78. The lowest BCUT2D eigenvalue weighted by molar-refractivity contribution is -0.128. The van der Waals surface area contributed by atoms with E-state index in [2.05, 4.69) is 5.32 Å². The van der Waals surface area contributed by atoms with Crippen LogP contribution in [-0.2, 0) is 17.1 Å². The molecule has 1 heterocycles. The predicted molar refractivity (Wildman–Crippen MR) is 139 cm³/mol. The molecule has 0 spiro atoms. The maximum absolute atomic E-state index is 12.5. The first kappa shape index (κ1) is 23.7. The van der Waals surface area contributed by atoms with E-state index in [0.717, 1.165) is 33.2 Å². The number of nitrogens with one attached hydrogen (secondary N) is 1. The van der Waals surface area contributed by atoms with Gasteiger partial charge in [0, 0.05) is 35.2 Å². The lowest BCUT2D eigenvalue weighted by atomic mass is 10.1. The summed E-state index contributed by atoms with van der Waals surface area (Å²) >= 11 is 9.54. The van der Waals surface area contributed by atoms with Gasteiger partial charge in [-0.1, -0.05) is 72.3 Å². The minimum absolute atomic E-state index is 0.0315. The quantitative estimate of drug-likeness (QED) is 0.382. The van der Waals surface area contributed by atoms with E-state index in [1.165, 1.54) is 0 Å². The van der Waals surface area contributed by atoms with Crippen molar-refractivity contribution in [3.05, 3.63) is 106 Å². The lowest BCUT2D eigenvalue weighted by Gasteiger charge is -2.24. The van der Waals surface area contributed by atoms with E-state index in [9.17, 15) is 9.59 Å². The first-order chi connectivity index (χ1) is 16.1. The summed E-state index contributed by atoms with van der Waals surface area (Å²) in [6.45, 7) is 1.18. The Morgan fingerprint density at radius 1 is 1.03 bits per heavy atom. The van der Waals surface area contributed by atoms with E-state index >= 15 is 0 Å². The number of rotatable bonds is 9. The molecule has 7 heteroatoms. The normalized spacial score (nSPS) is 15.6. The zero-order chi connectivity index (χ0) is 23.0. The zero-order valence-corrected chi connectivity index (χ0v) is 20.5. The van der Waals surface area contributed by atoms with Crippen molar-refractivity contribution in [2.45, 2.75) is 17.7 Å². The molecule has 4 rings (SSSR count). The van der Waals surface area contributed by atoms with Gasteiger partial charge in [0.25, 0.3) is 5.91 Å². The molecule has 1 saturated heterocycles. The van der Waals surface area contributed by atoms with Crippen molar-refractivity contribution in [2.24, 2.45) is 0 Å². The van der Waals surface area contributed by atoms with Gasteiger partial charge in [0.05, 0.1) is 5.75 Å². The Morgan fingerprint density at radius 3 is 2.52 bits per heavy atom. The summed E-state index contributed by atoms with van der Waals surface area (Å²) in [6.07, 6.45) is 0. The summed E-state index contributed by atoms with van der Waals surface area (Å²) in [5.41, 5.74) is 3.88. The van der Waals surface area contributed by atoms with Crippen LogP contribution in [0, 0.1) is 0 Å². The van der Waals surface area contributed by atoms with Crippen molar-refractivity contribution < 1.29 is 9.59 Å². The van der Waals surface area contributed by atoms with E-state index < -0.39 is 0 Å². The summed E-state index contributed by atoms with van der Waals surface area (Å²) in [6, 6.07) is 25.4. The number of carbonyl (C=O) groups excluding carboxylic acids is 2. The highest BCUT2D eigenvalue weighted by atomic mass is 35.5. The molecule has 1 aliphatic heterocycles. The van der Waals surface area contributed by atoms with Gasteiger partial charge in [-0.25, -0.2) is 0 Å². The van der Waals surface area contributed by atoms with Crippen LogP contribution in [0.3, 0.4) is 0 Å². The van der Waals surface area contributed by atoms with Crippen molar-refractivity contribution in [1.82, 2.24) is 10.2 Å². The molecule has 1 N–H and O–H groups in total. The zero-order valence-electron chi connectivity index (χ0n) is 18.1. The Balaban J connectivity index is 1.28. The Hall–Kier alpha value is -2.41. The van der Waals surface area contributed by atoms with Crippen LogP contribution in [0.1, 0.15) is 32.4 Å². The van der Waals surface area contributed by atoms with Crippen LogP contribution in [0.25, 0.3) is 0 Å². The third kappa shape index (κ3) is 6.34. The largest absolute Gasteiger partial charge is 0.351 e.